The maximum Gasteiger partial charge on any atom is 0.134 e. The van der Waals surface area contributed by atoms with E-state index in [2.05, 4.69) is 50.1 Å². The summed E-state index contributed by atoms with van der Waals surface area (Å²) in [6.07, 6.45) is 9.01. The van der Waals surface area contributed by atoms with Crippen LogP contribution in [0.5, 0.6) is 11.5 Å². The first-order valence-corrected chi connectivity index (χ1v) is 11.0. The van der Waals surface area contributed by atoms with E-state index < -0.39 is 0 Å². The van der Waals surface area contributed by atoms with Gasteiger partial charge in [-0.3, -0.25) is 4.99 Å². The van der Waals surface area contributed by atoms with Crippen molar-refractivity contribution in [2.75, 3.05) is 13.1 Å². The van der Waals surface area contributed by atoms with Gasteiger partial charge in [0, 0.05) is 23.9 Å². The molecule has 4 heteroatoms. The van der Waals surface area contributed by atoms with Crippen LogP contribution >= 0.6 is 0 Å². The first-order chi connectivity index (χ1) is 13.4. The number of hydrogen-bond donors (Lipinski definition) is 2. The Morgan fingerprint density at radius 1 is 1.32 bits per heavy atom. The second-order valence-electron chi connectivity index (χ2n) is 9.17. The number of fused-ring (bicyclic) bond motifs is 3. The van der Waals surface area contributed by atoms with Crippen molar-refractivity contribution >= 4 is 5.84 Å². The molecule has 0 saturated carbocycles. The summed E-state index contributed by atoms with van der Waals surface area (Å²) in [4.78, 5) is 4.64. The number of nitrogens with one attached hydrogen (secondary N) is 1. The lowest BCUT2D eigenvalue weighted by atomic mass is 9.67. The molecule has 0 bridgehead atoms. The predicted octanol–water partition coefficient (Wildman–Crippen LogP) is 5.09. The van der Waals surface area contributed by atoms with Crippen LogP contribution in [0.15, 0.2) is 22.7 Å². The van der Waals surface area contributed by atoms with Crippen LogP contribution in [0.3, 0.4) is 0 Å². The molecule has 0 radical (unpaired) electrons. The van der Waals surface area contributed by atoms with Crippen molar-refractivity contribution < 1.29 is 9.84 Å². The molecular formula is C24H34N2O2. The zero-order chi connectivity index (χ0) is 19.9. The standard InChI is InChI=1S/C24H34N2O2/c1-5-6-7-8-16-14-19-21(22(27)20(16)23-25-11-12-26-23)17-13-15(2)9-10-18(17)24(3,4)28-19/h13-14,17-18,27H,5-12H2,1-4H3,(H,25,26)/t17?,18-/m1/s1. The number of rotatable bonds is 5. The number of phenolic OH excluding ortho intramolecular Hbond substituents is 1. The van der Waals surface area contributed by atoms with Crippen molar-refractivity contribution in [3.8, 4) is 11.5 Å². The highest BCUT2D eigenvalue weighted by Crippen LogP contribution is 2.54. The molecule has 0 aromatic heterocycles. The van der Waals surface area contributed by atoms with Gasteiger partial charge in [-0.1, -0.05) is 31.4 Å². The summed E-state index contributed by atoms with van der Waals surface area (Å²) in [6, 6.07) is 2.19. The first kappa shape index (κ1) is 19.4. The number of nitrogens with zero attached hydrogens (tertiary/aromatic N) is 1. The Kier molecular flexibility index (Phi) is 5.15. The molecule has 28 heavy (non-hydrogen) atoms. The molecule has 2 atom stereocenters. The average Bonchev–Trinajstić information content (AvgIpc) is 3.15. The van der Waals surface area contributed by atoms with Crippen molar-refractivity contribution in [2.45, 2.75) is 77.7 Å². The second kappa shape index (κ2) is 7.46. The van der Waals surface area contributed by atoms with Crippen molar-refractivity contribution in [1.29, 1.82) is 0 Å². The largest absolute Gasteiger partial charge is 0.507 e. The van der Waals surface area contributed by atoms with Gasteiger partial charge in [0.2, 0.25) is 0 Å². The number of aryl methyl sites for hydroxylation is 1. The molecule has 1 unspecified atom stereocenters. The Morgan fingerprint density at radius 3 is 2.86 bits per heavy atom. The molecule has 4 rings (SSSR count). The van der Waals surface area contributed by atoms with Gasteiger partial charge in [-0.15, -0.1) is 0 Å². The van der Waals surface area contributed by atoms with E-state index in [0.717, 1.165) is 67.0 Å². The highest BCUT2D eigenvalue weighted by molar-refractivity contribution is 6.04. The minimum Gasteiger partial charge on any atom is -0.507 e. The van der Waals surface area contributed by atoms with Gasteiger partial charge in [0.15, 0.2) is 0 Å². The molecule has 4 nitrogen and oxygen atoms in total. The molecular weight excluding hydrogens is 348 g/mol. The van der Waals surface area contributed by atoms with Crippen LogP contribution in [0.25, 0.3) is 0 Å². The Bertz CT molecular complexity index is 822. The summed E-state index contributed by atoms with van der Waals surface area (Å²) in [5.74, 6) is 2.69. The number of amidine groups is 1. The third-order valence-corrected chi connectivity index (χ3v) is 6.69. The van der Waals surface area contributed by atoms with Crippen LogP contribution < -0.4 is 10.1 Å². The Morgan fingerprint density at radius 2 is 2.14 bits per heavy atom. The fourth-order valence-electron chi connectivity index (χ4n) is 5.20. The van der Waals surface area contributed by atoms with E-state index in [4.69, 9.17) is 4.74 Å². The highest BCUT2D eigenvalue weighted by Gasteiger charge is 2.46. The van der Waals surface area contributed by atoms with Crippen molar-refractivity contribution in [3.05, 3.63) is 34.4 Å². The van der Waals surface area contributed by atoms with E-state index in [1.54, 1.807) is 0 Å². The molecule has 0 spiro atoms. The molecule has 1 aromatic rings. The number of phenols is 1. The molecule has 2 N–H and O–H groups in total. The van der Waals surface area contributed by atoms with Crippen LogP contribution in [0.1, 0.15) is 82.4 Å². The zero-order valence-electron chi connectivity index (χ0n) is 17.8. The minimum absolute atomic E-state index is 0.206. The van der Waals surface area contributed by atoms with Crippen molar-refractivity contribution in [3.63, 3.8) is 0 Å². The van der Waals surface area contributed by atoms with Gasteiger partial charge in [-0.05, 0) is 58.1 Å². The summed E-state index contributed by atoms with van der Waals surface area (Å²) >= 11 is 0. The fraction of sp³-hybridized carbons (Fsp3) is 0.625. The van der Waals surface area contributed by atoms with Crippen molar-refractivity contribution in [1.82, 2.24) is 5.32 Å². The summed E-state index contributed by atoms with van der Waals surface area (Å²) in [7, 11) is 0. The number of ether oxygens (including phenoxy) is 1. The lowest BCUT2D eigenvalue weighted by Crippen LogP contribution is -2.45. The number of benzene rings is 1. The summed E-state index contributed by atoms with van der Waals surface area (Å²) < 4.78 is 6.52. The maximum absolute atomic E-state index is 11.5. The number of aromatic hydroxyl groups is 1. The highest BCUT2D eigenvalue weighted by atomic mass is 16.5. The van der Waals surface area contributed by atoms with Crippen molar-refractivity contribution in [2.24, 2.45) is 10.9 Å². The van der Waals surface area contributed by atoms with Gasteiger partial charge in [0.05, 0.1) is 12.1 Å². The summed E-state index contributed by atoms with van der Waals surface area (Å²) in [5, 5.41) is 14.9. The van der Waals surface area contributed by atoms with Crippen LogP contribution in [-0.4, -0.2) is 29.6 Å². The average molecular weight is 383 g/mol. The normalized spacial score (nSPS) is 25.1. The lowest BCUT2D eigenvalue weighted by molar-refractivity contribution is 0.0107. The van der Waals surface area contributed by atoms with Crippen LogP contribution in [-0.2, 0) is 6.42 Å². The van der Waals surface area contributed by atoms with Gasteiger partial charge in [0.25, 0.3) is 0 Å². The number of hydrogen-bond acceptors (Lipinski definition) is 4. The second-order valence-corrected chi connectivity index (χ2v) is 9.17. The molecule has 0 fully saturated rings. The van der Waals surface area contributed by atoms with Crippen LogP contribution in [0.4, 0.5) is 0 Å². The molecule has 2 heterocycles. The Labute approximate surface area is 169 Å². The monoisotopic (exact) mass is 382 g/mol. The number of unbranched alkanes of at least 4 members (excludes halogenated alkanes) is 2. The lowest BCUT2D eigenvalue weighted by Gasteiger charge is -2.46. The summed E-state index contributed by atoms with van der Waals surface area (Å²) in [5.41, 5.74) is 4.21. The van der Waals surface area contributed by atoms with E-state index in [1.807, 2.05) is 0 Å². The Balaban J connectivity index is 1.86. The fourth-order valence-corrected chi connectivity index (χ4v) is 5.20. The van der Waals surface area contributed by atoms with E-state index in [1.165, 1.54) is 18.4 Å². The maximum atomic E-state index is 11.5. The van der Waals surface area contributed by atoms with Gasteiger partial charge < -0.3 is 15.2 Å². The first-order valence-electron chi connectivity index (χ1n) is 11.0. The van der Waals surface area contributed by atoms with Crippen LogP contribution in [0.2, 0.25) is 0 Å². The zero-order valence-corrected chi connectivity index (χ0v) is 17.8. The van der Waals surface area contributed by atoms with E-state index in [9.17, 15) is 5.11 Å². The number of aliphatic imine (C=N–C) groups is 1. The minimum atomic E-state index is -0.230. The predicted molar refractivity (Wildman–Crippen MR) is 115 cm³/mol. The molecule has 3 aliphatic rings. The van der Waals surface area contributed by atoms with E-state index in [-0.39, 0.29) is 11.5 Å². The summed E-state index contributed by atoms with van der Waals surface area (Å²) in [6.45, 7) is 10.4. The third-order valence-electron chi connectivity index (χ3n) is 6.69. The molecule has 1 aliphatic carbocycles. The van der Waals surface area contributed by atoms with Gasteiger partial charge in [-0.25, -0.2) is 0 Å². The molecule has 0 amide bonds. The van der Waals surface area contributed by atoms with Crippen LogP contribution in [0, 0.1) is 5.92 Å². The van der Waals surface area contributed by atoms with Gasteiger partial charge in [0.1, 0.15) is 22.9 Å². The molecule has 152 valence electrons. The van der Waals surface area contributed by atoms with E-state index >= 15 is 0 Å². The molecule has 1 aromatic carbocycles. The third kappa shape index (κ3) is 3.31. The molecule has 2 aliphatic heterocycles. The number of allylic oxidation sites excluding steroid dienone is 2. The van der Waals surface area contributed by atoms with E-state index in [0.29, 0.717) is 11.7 Å². The topological polar surface area (TPSA) is 53.9 Å². The van der Waals surface area contributed by atoms with Gasteiger partial charge >= 0.3 is 0 Å². The smallest absolute Gasteiger partial charge is 0.134 e. The molecule has 0 saturated heterocycles. The van der Waals surface area contributed by atoms with Gasteiger partial charge in [-0.2, -0.15) is 0 Å². The quantitative estimate of drug-likeness (QED) is 0.551. The Hall–Kier alpha value is -1.97. The SMILES string of the molecule is CCCCCc1cc2c(c(O)c1C1=NCCN1)C1C=C(C)CC[C@H]1C(C)(C)O2.